The number of hydrogen-bond donors (Lipinski definition) is 2. The number of nitrogens with zero attached hydrogens (tertiary/aromatic N) is 2. The van der Waals surface area contributed by atoms with E-state index < -0.39 is 5.97 Å². The molecule has 5 nitrogen and oxygen atoms in total. The molecule has 1 rings (SSSR count). The van der Waals surface area contributed by atoms with Gasteiger partial charge in [-0.05, 0) is 5.56 Å². The van der Waals surface area contributed by atoms with Crippen molar-refractivity contribution in [1.29, 1.82) is 0 Å². The normalized spacial score (nSPS) is 10.1. The number of aliphatic carboxylic acids is 1. The van der Waals surface area contributed by atoms with Gasteiger partial charge < -0.3 is 15.3 Å². The van der Waals surface area contributed by atoms with Crippen LogP contribution in [0.4, 0.5) is 0 Å². The van der Waals surface area contributed by atoms with Crippen LogP contribution in [0, 0.1) is 0 Å². The molecule has 5 heteroatoms. The second-order valence-corrected chi connectivity index (χ2v) is 3.80. The lowest BCUT2D eigenvalue weighted by molar-refractivity contribution is -0.134. The van der Waals surface area contributed by atoms with Gasteiger partial charge in [-0.3, -0.25) is 9.79 Å². The molecule has 0 aliphatic carbocycles. The van der Waals surface area contributed by atoms with Crippen LogP contribution < -0.4 is 5.32 Å². The van der Waals surface area contributed by atoms with Crippen LogP contribution in [0.2, 0.25) is 0 Å². The minimum absolute atomic E-state index is 0.811. The largest absolute Gasteiger partial charge is 0.481 e. The van der Waals surface area contributed by atoms with Gasteiger partial charge in [0.05, 0.1) is 0 Å². The van der Waals surface area contributed by atoms with E-state index in [4.69, 9.17) is 9.90 Å². The van der Waals surface area contributed by atoms with Crippen molar-refractivity contribution in [2.45, 2.75) is 13.5 Å². The fourth-order valence-corrected chi connectivity index (χ4v) is 1.21. The van der Waals surface area contributed by atoms with Crippen molar-refractivity contribution >= 4 is 11.9 Å². The van der Waals surface area contributed by atoms with Crippen molar-refractivity contribution < 1.29 is 9.90 Å². The SMILES string of the molecule is CC(=O)O.CN=C(NCc1ccccc1)N(C)C. The molecule has 0 heterocycles. The zero-order valence-electron chi connectivity index (χ0n) is 11.3. The third-order valence-corrected chi connectivity index (χ3v) is 1.93. The Hall–Kier alpha value is -2.04. The predicted molar refractivity (Wildman–Crippen MR) is 73.6 cm³/mol. The minimum atomic E-state index is -0.833. The summed E-state index contributed by atoms with van der Waals surface area (Å²) in [5.41, 5.74) is 1.26. The van der Waals surface area contributed by atoms with Crippen molar-refractivity contribution in [2.24, 2.45) is 4.99 Å². The van der Waals surface area contributed by atoms with Gasteiger partial charge in [-0.1, -0.05) is 30.3 Å². The molecule has 0 aliphatic heterocycles. The molecule has 0 fully saturated rings. The van der Waals surface area contributed by atoms with Gasteiger partial charge in [-0.15, -0.1) is 0 Å². The topological polar surface area (TPSA) is 64.9 Å². The number of carboxylic acid groups (broad SMARTS) is 1. The summed E-state index contributed by atoms with van der Waals surface area (Å²) in [5.74, 6) is 0.0638. The molecule has 0 amide bonds. The Labute approximate surface area is 108 Å². The summed E-state index contributed by atoms with van der Waals surface area (Å²) >= 11 is 0. The highest BCUT2D eigenvalue weighted by molar-refractivity contribution is 5.79. The molecule has 0 aliphatic rings. The number of guanidine groups is 1. The van der Waals surface area contributed by atoms with Crippen LogP contribution in [0.15, 0.2) is 35.3 Å². The molecule has 0 aromatic heterocycles. The lowest BCUT2D eigenvalue weighted by atomic mass is 10.2. The van der Waals surface area contributed by atoms with Gasteiger partial charge in [0.2, 0.25) is 0 Å². The predicted octanol–water partition coefficient (Wildman–Crippen LogP) is 1.41. The number of rotatable bonds is 2. The minimum Gasteiger partial charge on any atom is -0.481 e. The molecular weight excluding hydrogens is 230 g/mol. The quantitative estimate of drug-likeness (QED) is 0.616. The van der Waals surface area contributed by atoms with Crippen molar-refractivity contribution in [1.82, 2.24) is 10.2 Å². The van der Waals surface area contributed by atoms with Gasteiger partial charge >= 0.3 is 0 Å². The van der Waals surface area contributed by atoms with E-state index in [-0.39, 0.29) is 0 Å². The van der Waals surface area contributed by atoms with Crippen LogP contribution in [-0.4, -0.2) is 43.1 Å². The first kappa shape index (κ1) is 16.0. The van der Waals surface area contributed by atoms with Crippen LogP contribution >= 0.6 is 0 Å². The Bertz CT molecular complexity index is 371. The first-order valence-corrected chi connectivity index (χ1v) is 5.58. The molecule has 0 atom stereocenters. The molecule has 18 heavy (non-hydrogen) atoms. The van der Waals surface area contributed by atoms with Gasteiger partial charge in [0.15, 0.2) is 5.96 Å². The van der Waals surface area contributed by atoms with E-state index in [1.807, 2.05) is 37.2 Å². The maximum absolute atomic E-state index is 9.00. The number of carbonyl (C=O) groups is 1. The second-order valence-electron chi connectivity index (χ2n) is 3.80. The molecule has 0 unspecified atom stereocenters. The van der Waals surface area contributed by atoms with Crippen molar-refractivity contribution in [3.63, 3.8) is 0 Å². The summed E-state index contributed by atoms with van der Waals surface area (Å²) in [6.07, 6.45) is 0. The highest BCUT2D eigenvalue weighted by atomic mass is 16.4. The summed E-state index contributed by atoms with van der Waals surface area (Å²) in [6.45, 7) is 1.89. The first-order chi connectivity index (χ1) is 8.47. The molecule has 1 aromatic rings. The molecule has 100 valence electrons. The molecule has 2 N–H and O–H groups in total. The summed E-state index contributed by atoms with van der Waals surface area (Å²) in [5, 5.41) is 10.7. The third kappa shape index (κ3) is 8.15. The van der Waals surface area contributed by atoms with Crippen molar-refractivity contribution in [3.05, 3.63) is 35.9 Å². The van der Waals surface area contributed by atoms with E-state index in [9.17, 15) is 0 Å². The zero-order valence-corrected chi connectivity index (χ0v) is 11.3. The highest BCUT2D eigenvalue weighted by Crippen LogP contribution is 1.97. The van der Waals surface area contributed by atoms with E-state index >= 15 is 0 Å². The van der Waals surface area contributed by atoms with E-state index in [1.165, 1.54) is 5.56 Å². The lowest BCUT2D eigenvalue weighted by Crippen LogP contribution is -2.35. The van der Waals surface area contributed by atoms with Gasteiger partial charge in [-0.25, -0.2) is 0 Å². The summed E-state index contributed by atoms with van der Waals surface area (Å²) < 4.78 is 0. The number of hydrogen-bond acceptors (Lipinski definition) is 2. The monoisotopic (exact) mass is 251 g/mol. The summed E-state index contributed by atoms with van der Waals surface area (Å²) in [6, 6.07) is 10.3. The molecule has 1 aromatic carbocycles. The smallest absolute Gasteiger partial charge is 0.300 e. The Morgan fingerprint density at radius 1 is 1.33 bits per heavy atom. The summed E-state index contributed by atoms with van der Waals surface area (Å²) in [7, 11) is 5.73. The average Bonchev–Trinajstić information content (AvgIpc) is 2.30. The zero-order chi connectivity index (χ0) is 14.0. The molecule has 0 bridgehead atoms. The van der Waals surface area contributed by atoms with Crippen molar-refractivity contribution in [2.75, 3.05) is 21.1 Å². The van der Waals surface area contributed by atoms with Crippen LogP contribution in [0.1, 0.15) is 12.5 Å². The van der Waals surface area contributed by atoms with E-state index in [2.05, 4.69) is 22.4 Å². The maximum Gasteiger partial charge on any atom is 0.300 e. The van der Waals surface area contributed by atoms with Crippen LogP contribution in [0.3, 0.4) is 0 Å². The molecular formula is C13H21N3O2. The van der Waals surface area contributed by atoms with Gasteiger partial charge in [-0.2, -0.15) is 0 Å². The Kier molecular flexibility index (Phi) is 8.01. The highest BCUT2D eigenvalue weighted by Gasteiger charge is 1.98. The number of aliphatic imine (C=N–C) groups is 1. The lowest BCUT2D eigenvalue weighted by Gasteiger charge is -2.16. The number of benzene rings is 1. The summed E-state index contributed by atoms with van der Waals surface area (Å²) in [4.78, 5) is 15.1. The maximum atomic E-state index is 9.00. The number of nitrogens with one attached hydrogen (secondary N) is 1. The molecule has 0 saturated carbocycles. The van der Waals surface area contributed by atoms with Gasteiger partial charge in [0.25, 0.3) is 5.97 Å². The van der Waals surface area contributed by atoms with E-state index in [0.717, 1.165) is 19.4 Å². The second kappa shape index (κ2) is 9.04. The van der Waals surface area contributed by atoms with Crippen LogP contribution in [0.25, 0.3) is 0 Å². The van der Waals surface area contributed by atoms with E-state index in [1.54, 1.807) is 7.05 Å². The van der Waals surface area contributed by atoms with Gasteiger partial charge in [0, 0.05) is 34.6 Å². The first-order valence-electron chi connectivity index (χ1n) is 5.58. The van der Waals surface area contributed by atoms with Crippen molar-refractivity contribution in [3.8, 4) is 0 Å². The molecule has 0 saturated heterocycles. The van der Waals surface area contributed by atoms with E-state index in [0.29, 0.717) is 0 Å². The standard InChI is InChI=1S/C11H17N3.C2H4O2/c1-12-11(14(2)3)13-9-10-7-5-4-6-8-10;1-2(3)4/h4-8H,9H2,1-3H3,(H,12,13);1H3,(H,3,4). The van der Waals surface area contributed by atoms with Gasteiger partial charge in [0.1, 0.15) is 0 Å². The fraction of sp³-hybridized carbons (Fsp3) is 0.385. The fourth-order valence-electron chi connectivity index (χ4n) is 1.21. The third-order valence-electron chi connectivity index (χ3n) is 1.93. The Morgan fingerprint density at radius 3 is 2.22 bits per heavy atom. The van der Waals surface area contributed by atoms with Crippen LogP contribution in [-0.2, 0) is 11.3 Å². The van der Waals surface area contributed by atoms with Crippen LogP contribution in [0.5, 0.6) is 0 Å². The molecule has 0 spiro atoms. The average molecular weight is 251 g/mol. The molecule has 0 radical (unpaired) electrons. The Morgan fingerprint density at radius 2 is 1.83 bits per heavy atom. The Balaban J connectivity index is 0.000000631. The number of carboxylic acids is 1.